The van der Waals surface area contributed by atoms with Crippen LogP contribution in [0.1, 0.15) is 44.3 Å². The van der Waals surface area contributed by atoms with Gasteiger partial charge in [0.1, 0.15) is 5.82 Å². The number of para-hydroxylation sites is 1. The van der Waals surface area contributed by atoms with Crippen LogP contribution in [0, 0.1) is 5.82 Å². The Morgan fingerprint density at radius 2 is 1.82 bits per heavy atom. The molecule has 1 aliphatic heterocycles. The molecule has 2 nitrogen and oxygen atoms in total. The van der Waals surface area contributed by atoms with Crippen molar-refractivity contribution in [1.82, 2.24) is 0 Å². The molecule has 1 aromatic rings. The molecule has 0 saturated carbocycles. The third kappa shape index (κ3) is 2.78. The number of aliphatic hydroxyl groups is 1. The molecule has 17 heavy (non-hydrogen) atoms. The summed E-state index contributed by atoms with van der Waals surface area (Å²) in [5, 5.41) is 9.74. The summed E-state index contributed by atoms with van der Waals surface area (Å²) in [7, 11) is 0. The Labute approximate surface area is 102 Å². The fourth-order valence-electron chi connectivity index (χ4n) is 2.50. The smallest absolute Gasteiger partial charge is 0.146 e. The molecule has 1 N–H and O–H groups in total. The molecule has 1 fully saturated rings. The van der Waals surface area contributed by atoms with Crippen LogP contribution in [0.25, 0.3) is 0 Å². The zero-order chi connectivity index (χ0) is 12.3. The monoisotopic (exact) mass is 237 g/mol. The maximum absolute atomic E-state index is 14.0. The van der Waals surface area contributed by atoms with Crippen molar-refractivity contribution in [2.45, 2.75) is 38.7 Å². The van der Waals surface area contributed by atoms with Crippen LogP contribution in [0.3, 0.4) is 0 Å². The SMILES string of the molecule is CC(O)c1cccc(F)c1N1CCCCCC1. The van der Waals surface area contributed by atoms with Gasteiger partial charge in [0, 0.05) is 18.7 Å². The van der Waals surface area contributed by atoms with Crippen molar-refractivity contribution in [3.8, 4) is 0 Å². The second-order valence-electron chi connectivity index (χ2n) is 4.75. The van der Waals surface area contributed by atoms with Crippen LogP contribution in [0.5, 0.6) is 0 Å². The van der Waals surface area contributed by atoms with Crippen molar-refractivity contribution in [2.75, 3.05) is 18.0 Å². The molecular formula is C14H20FNO. The molecule has 0 aromatic heterocycles. The first-order valence-corrected chi connectivity index (χ1v) is 6.41. The van der Waals surface area contributed by atoms with E-state index in [9.17, 15) is 9.50 Å². The molecular weight excluding hydrogens is 217 g/mol. The lowest BCUT2D eigenvalue weighted by atomic mass is 10.1. The summed E-state index contributed by atoms with van der Waals surface area (Å²) in [5.41, 5.74) is 1.30. The standard InChI is InChI=1S/C14H20FNO/c1-11(17)12-7-6-8-13(15)14(12)16-9-4-2-3-5-10-16/h6-8,11,17H,2-5,9-10H2,1H3. The highest BCUT2D eigenvalue weighted by Gasteiger charge is 2.19. The molecule has 94 valence electrons. The Bertz CT molecular complexity index is 370. The highest BCUT2D eigenvalue weighted by molar-refractivity contribution is 5.55. The van der Waals surface area contributed by atoms with Crippen LogP contribution in [0.2, 0.25) is 0 Å². The number of benzene rings is 1. The van der Waals surface area contributed by atoms with Gasteiger partial charge in [-0.1, -0.05) is 25.0 Å². The van der Waals surface area contributed by atoms with Crippen LogP contribution in [0.15, 0.2) is 18.2 Å². The summed E-state index contributed by atoms with van der Waals surface area (Å²) in [5.74, 6) is -0.217. The van der Waals surface area contributed by atoms with Crippen molar-refractivity contribution >= 4 is 5.69 Å². The fraction of sp³-hybridized carbons (Fsp3) is 0.571. The van der Waals surface area contributed by atoms with Crippen molar-refractivity contribution in [3.05, 3.63) is 29.6 Å². The zero-order valence-corrected chi connectivity index (χ0v) is 10.3. The molecule has 1 heterocycles. The molecule has 0 radical (unpaired) electrons. The van der Waals surface area contributed by atoms with Crippen molar-refractivity contribution in [2.24, 2.45) is 0 Å². The predicted molar refractivity (Wildman–Crippen MR) is 67.7 cm³/mol. The third-order valence-electron chi connectivity index (χ3n) is 3.39. The number of hydrogen-bond donors (Lipinski definition) is 1. The molecule has 1 atom stereocenters. The first kappa shape index (κ1) is 12.4. The van der Waals surface area contributed by atoms with Crippen LogP contribution in [-0.4, -0.2) is 18.2 Å². The van der Waals surface area contributed by atoms with E-state index < -0.39 is 6.10 Å². The summed E-state index contributed by atoms with van der Waals surface area (Å²) in [6, 6.07) is 4.96. The number of aliphatic hydroxyl groups excluding tert-OH is 1. The summed E-state index contributed by atoms with van der Waals surface area (Å²) >= 11 is 0. The average molecular weight is 237 g/mol. The van der Waals surface area contributed by atoms with E-state index in [4.69, 9.17) is 0 Å². The molecule has 0 amide bonds. The first-order valence-electron chi connectivity index (χ1n) is 6.41. The van der Waals surface area contributed by atoms with Crippen LogP contribution < -0.4 is 4.90 Å². The number of anilines is 1. The molecule has 3 heteroatoms. The summed E-state index contributed by atoms with van der Waals surface area (Å²) in [4.78, 5) is 2.09. The number of hydrogen-bond acceptors (Lipinski definition) is 2. The lowest BCUT2D eigenvalue weighted by molar-refractivity contribution is 0.199. The van der Waals surface area contributed by atoms with E-state index in [1.165, 1.54) is 18.9 Å². The maximum atomic E-state index is 14.0. The fourth-order valence-corrected chi connectivity index (χ4v) is 2.50. The van der Waals surface area contributed by atoms with Gasteiger partial charge in [0.15, 0.2) is 0 Å². The third-order valence-corrected chi connectivity index (χ3v) is 3.39. The van der Waals surface area contributed by atoms with Crippen LogP contribution >= 0.6 is 0 Å². The van der Waals surface area contributed by atoms with Gasteiger partial charge >= 0.3 is 0 Å². The first-order chi connectivity index (χ1) is 8.20. The lowest BCUT2D eigenvalue weighted by Gasteiger charge is -2.26. The van der Waals surface area contributed by atoms with Gasteiger partial charge in [-0.15, -0.1) is 0 Å². The van der Waals surface area contributed by atoms with Gasteiger partial charge in [0.05, 0.1) is 11.8 Å². The van der Waals surface area contributed by atoms with Gasteiger partial charge in [0.2, 0.25) is 0 Å². The van der Waals surface area contributed by atoms with E-state index in [1.807, 2.05) is 6.07 Å². The van der Waals surface area contributed by atoms with Gasteiger partial charge in [-0.05, 0) is 25.8 Å². The summed E-state index contributed by atoms with van der Waals surface area (Å²) in [6.07, 6.45) is 4.02. The summed E-state index contributed by atoms with van der Waals surface area (Å²) < 4.78 is 14.0. The number of halogens is 1. The number of rotatable bonds is 2. The molecule has 1 aromatic carbocycles. The quantitative estimate of drug-likeness (QED) is 0.853. The zero-order valence-electron chi connectivity index (χ0n) is 10.3. The highest BCUT2D eigenvalue weighted by Crippen LogP contribution is 2.30. The Morgan fingerprint density at radius 3 is 2.41 bits per heavy atom. The van der Waals surface area contributed by atoms with Gasteiger partial charge in [-0.25, -0.2) is 4.39 Å². The molecule has 0 bridgehead atoms. The van der Waals surface area contributed by atoms with E-state index in [1.54, 1.807) is 13.0 Å². The highest BCUT2D eigenvalue weighted by atomic mass is 19.1. The van der Waals surface area contributed by atoms with Crippen molar-refractivity contribution in [3.63, 3.8) is 0 Å². The number of nitrogens with zero attached hydrogens (tertiary/aromatic N) is 1. The second-order valence-corrected chi connectivity index (χ2v) is 4.75. The minimum Gasteiger partial charge on any atom is -0.389 e. The van der Waals surface area contributed by atoms with E-state index in [2.05, 4.69) is 4.90 Å². The summed E-state index contributed by atoms with van der Waals surface area (Å²) in [6.45, 7) is 3.47. The second kappa shape index (κ2) is 5.50. The normalized spacial score (nSPS) is 18.9. The molecule has 2 rings (SSSR count). The van der Waals surface area contributed by atoms with Gasteiger partial charge in [-0.2, -0.15) is 0 Å². The van der Waals surface area contributed by atoms with Gasteiger partial charge < -0.3 is 10.0 Å². The van der Waals surface area contributed by atoms with E-state index in [0.29, 0.717) is 11.3 Å². The topological polar surface area (TPSA) is 23.5 Å². The molecule has 1 saturated heterocycles. The Kier molecular flexibility index (Phi) is 4.00. The van der Waals surface area contributed by atoms with E-state index in [-0.39, 0.29) is 5.82 Å². The largest absolute Gasteiger partial charge is 0.389 e. The van der Waals surface area contributed by atoms with Gasteiger partial charge in [0.25, 0.3) is 0 Å². The lowest BCUT2D eigenvalue weighted by Crippen LogP contribution is -2.26. The van der Waals surface area contributed by atoms with Gasteiger partial charge in [-0.3, -0.25) is 0 Å². The Hall–Kier alpha value is -1.09. The van der Waals surface area contributed by atoms with E-state index >= 15 is 0 Å². The van der Waals surface area contributed by atoms with Crippen LogP contribution in [-0.2, 0) is 0 Å². The Morgan fingerprint density at radius 1 is 1.18 bits per heavy atom. The van der Waals surface area contributed by atoms with Crippen LogP contribution in [0.4, 0.5) is 10.1 Å². The van der Waals surface area contributed by atoms with E-state index in [0.717, 1.165) is 25.9 Å². The molecule has 0 spiro atoms. The maximum Gasteiger partial charge on any atom is 0.146 e. The minimum absolute atomic E-state index is 0.217. The van der Waals surface area contributed by atoms with Crippen molar-refractivity contribution < 1.29 is 9.50 Å². The predicted octanol–water partition coefficient (Wildman–Crippen LogP) is 3.26. The minimum atomic E-state index is -0.621. The molecule has 1 unspecified atom stereocenters. The Balaban J connectivity index is 2.34. The average Bonchev–Trinajstić information content (AvgIpc) is 2.57. The molecule has 0 aliphatic carbocycles. The van der Waals surface area contributed by atoms with Crippen molar-refractivity contribution in [1.29, 1.82) is 0 Å². The molecule has 1 aliphatic rings.